The molecule has 3 unspecified atom stereocenters. The zero-order valence-corrected chi connectivity index (χ0v) is 35.6. The van der Waals surface area contributed by atoms with Crippen molar-refractivity contribution in [3.8, 4) is 11.1 Å². The lowest BCUT2D eigenvalue weighted by Crippen LogP contribution is -2.48. The van der Waals surface area contributed by atoms with E-state index in [1.54, 1.807) is 27.8 Å². The Balaban J connectivity index is 0.969. The van der Waals surface area contributed by atoms with E-state index < -0.39 is 0 Å². The second kappa shape index (κ2) is 13.3. The summed E-state index contributed by atoms with van der Waals surface area (Å²) in [6.45, 7) is 0. The smallest absolute Gasteiger partial charge is 0.0505 e. The molecule has 5 fully saturated rings. The third-order valence-corrected chi connectivity index (χ3v) is 17.5. The van der Waals surface area contributed by atoms with E-state index in [4.69, 9.17) is 0 Å². The van der Waals surface area contributed by atoms with Crippen molar-refractivity contribution in [2.24, 2.45) is 29.6 Å². The Hall–Kier alpha value is -5.86. The van der Waals surface area contributed by atoms with Gasteiger partial charge in [0.2, 0.25) is 0 Å². The van der Waals surface area contributed by atoms with Gasteiger partial charge in [0.15, 0.2) is 0 Å². The Bertz CT molecular complexity index is 2810. The predicted molar refractivity (Wildman–Crippen MR) is 255 cm³/mol. The molecule has 8 aliphatic carbocycles. The van der Waals surface area contributed by atoms with Gasteiger partial charge in [0.1, 0.15) is 0 Å². The van der Waals surface area contributed by atoms with E-state index in [0.29, 0.717) is 17.3 Å². The van der Waals surface area contributed by atoms with Crippen molar-refractivity contribution in [2.75, 3.05) is 9.80 Å². The molecule has 62 heavy (non-hydrogen) atoms. The van der Waals surface area contributed by atoms with Crippen molar-refractivity contribution < 1.29 is 0 Å². The minimum atomic E-state index is -0.0793. The molecule has 4 bridgehead atoms. The van der Waals surface area contributed by atoms with Crippen LogP contribution >= 0.6 is 0 Å². The molecular weight excluding hydrogens is 749 g/mol. The van der Waals surface area contributed by atoms with Crippen molar-refractivity contribution >= 4 is 34.1 Å². The van der Waals surface area contributed by atoms with E-state index in [1.165, 1.54) is 108 Å². The van der Waals surface area contributed by atoms with Crippen LogP contribution < -0.4 is 9.80 Å². The average molecular weight is 803 g/mol. The average Bonchev–Trinajstić information content (AvgIpc) is 4.04. The molecule has 7 aromatic carbocycles. The molecule has 5 saturated carbocycles. The van der Waals surface area contributed by atoms with Gasteiger partial charge in [0.25, 0.3) is 0 Å². The highest BCUT2D eigenvalue weighted by molar-refractivity contribution is 5.88. The summed E-state index contributed by atoms with van der Waals surface area (Å²) in [6.07, 6.45) is 14.5. The highest BCUT2D eigenvalue weighted by atomic mass is 15.2. The van der Waals surface area contributed by atoms with Crippen LogP contribution in [0.15, 0.2) is 164 Å². The highest BCUT2D eigenvalue weighted by Crippen LogP contribution is 2.69. The number of rotatable bonds is 7. The molecule has 8 aliphatic rings. The minimum absolute atomic E-state index is 0.0793. The van der Waals surface area contributed by atoms with Crippen LogP contribution in [0.3, 0.4) is 0 Å². The molecule has 0 N–H and O–H groups in total. The molecule has 0 amide bonds. The largest absolute Gasteiger partial charge is 0.310 e. The van der Waals surface area contributed by atoms with Crippen LogP contribution in [0, 0.1) is 29.6 Å². The molecule has 0 aliphatic heterocycles. The number of para-hydroxylation sites is 2. The van der Waals surface area contributed by atoms with Gasteiger partial charge < -0.3 is 9.80 Å². The second-order valence-electron chi connectivity index (χ2n) is 20.6. The van der Waals surface area contributed by atoms with Gasteiger partial charge in [-0.1, -0.05) is 103 Å². The number of fused-ring (bicyclic) bond motifs is 5. The lowest BCUT2D eigenvalue weighted by molar-refractivity contribution is -0.00518. The van der Waals surface area contributed by atoms with Crippen molar-refractivity contribution in [3.05, 3.63) is 203 Å². The van der Waals surface area contributed by atoms with E-state index in [-0.39, 0.29) is 5.41 Å². The van der Waals surface area contributed by atoms with Gasteiger partial charge in [0.05, 0.1) is 11.4 Å². The summed E-state index contributed by atoms with van der Waals surface area (Å²) in [4.78, 5) is 5.26. The van der Waals surface area contributed by atoms with Gasteiger partial charge in [0, 0.05) is 28.2 Å². The zero-order chi connectivity index (χ0) is 40.6. The minimum Gasteiger partial charge on any atom is -0.310 e. The van der Waals surface area contributed by atoms with Gasteiger partial charge in [-0.3, -0.25) is 0 Å². The van der Waals surface area contributed by atoms with Crippen LogP contribution in [-0.2, 0) is 30.1 Å². The van der Waals surface area contributed by atoms with E-state index in [0.717, 1.165) is 37.0 Å². The van der Waals surface area contributed by atoms with Crippen molar-refractivity contribution in [2.45, 2.75) is 81.5 Å². The monoisotopic (exact) mass is 802 g/mol. The first-order valence-corrected chi connectivity index (χ1v) is 23.9. The normalized spacial score (nSPS) is 27.6. The summed E-state index contributed by atoms with van der Waals surface area (Å²) in [5.74, 6) is 3.93. The van der Waals surface area contributed by atoms with Crippen LogP contribution in [-0.4, -0.2) is 0 Å². The Morgan fingerprint density at radius 2 is 0.887 bits per heavy atom. The number of anilines is 6. The zero-order valence-electron chi connectivity index (χ0n) is 35.6. The molecule has 1 spiro atoms. The molecule has 3 atom stereocenters. The SMILES string of the molecule is c1ccc(N(c2ccccc2)c2cccc3c2C24c5c(cccc5N(c5ccc(C67CC8CC(CC(C8)C6)C7)cc5)c5ccc6c(c5)Cc5ccccc5-6)CC2CCC4C3)cc1. The van der Waals surface area contributed by atoms with E-state index in [2.05, 4.69) is 174 Å². The third kappa shape index (κ3) is 5.04. The second-order valence-corrected chi connectivity index (χ2v) is 20.6. The molecule has 15 rings (SSSR count). The van der Waals surface area contributed by atoms with Crippen LogP contribution in [0.25, 0.3) is 11.1 Å². The first-order valence-electron chi connectivity index (χ1n) is 23.9. The van der Waals surface area contributed by atoms with E-state index in [1.807, 2.05) is 0 Å². The maximum atomic E-state index is 2.70. The Kier molecular flexibility index (Phi) is 7.67. The third-order valence-electron chi connectivity index (χ3n) is 17.5. The summed E-state index contributed by atoms with van der Waals surface area (Å²) in [7, 11) is 0. The quantitative estimate of drug-likeness (QED) is 0.158. The molecular formula is C60H54N2. The number of hydrogen-bond donors (Lipinski definition) is 0. The lowest BCUT2D eigenvalue weighted by Gasteiger charge is -2.57. The maximum absolute atomic E-state index is 2.70. The van der Waals surface area contributed by atoms with Crippen LogP contribution in [0.4, 0.5) is 34.1 Å². The summed E-state index contributed by atoms with van der Waals surface area (Å²) >= 11 is 0. The maximum Gasteiger partial charge on any atom is 0.0505 e. The fourth-order valence-corrected chi connectivity index (χ4v) is 15.7. The van der Waals surface area contributed by atoms with Crippen molar-refractivity contribution in [1.29, 1.82) is 0 Å². The van der Waals surface area contributed by atoms with Crippen molar-refractivity contribution in [1.82, 2.24) is 0 Å². The van der Waals surface area contributed by atoms with Gasteiger partial charge in [-0.05, 0) is 216 Å². The Morgan fingerprint density at radius 3 is 1.48 bits per heavy atom. The topological polar surface area (TPSA) is 6.48 Å². The molecule has 0 heterocycles. The van der Waals surface area contributed by atoms with Gasteiger partial charge in [-0.15, -0.1) is 0 Å². The van der Waals surface area contributed by atoms with E-state index >= 15 is 0 Å². The van der Waals surface area contributed by atoms with E-state index in [9.17, 15) is 0 Å². The van der Waals surface area contributed by atoms with Crippen molar-refractivity contribution in [3.63, 3.8) is 0 Å². The molecule has 7 aromatic rings. The number of benzene rings is 7. The Morgan fingerprint density at radius 1 is 0.403 bits per heavy atom. The molecule has 2 nitrogen and oxygen atoms in total. The van der Waals surface area contributed by atoms with Gasteiger partial charge >= 0.3 is 0 Å². The first kappa shape index (κ1) is 35.7. The van der Waals surface area contributed by atoms with Crippen LogP contribution in [0.1, 0.15) is 90.3 Å². The van der Waals surface area contributed by atoms with Crippen LogP contribution in [0.5, 0.6) is 0 Å². The number of hydrogen-bond acceptors (Lipinski definition) is 2. The summed E-state index contributed by atoms with van der Waals surface area (Å²) < 4.78 is 0. The van der Waals surface area contributed by atoms with Crippen LogP contribution in [0.2, 0.25) is 0 Å². The fourth-order valence-electron chi connectivity index (χ4n) is 15.7. The fraction of sp³-hybridized carbons (Fsp3) is 0.300. The van der Waals surface area contributed by atoms with Gasteiger partial charge in [-0.2, -0.15) is 0 Å². The predicted octanol–water partition coefficient (Wildman–Crippen LogP) is 15.1. The Labute approximate surface area is 367 Å². The summed E-state index contributed by atoms with van der Waals surface area (Å²) in [5.41, 5.74) is 21.6. The molecule has 0 saturated heterocycles. The first-order chi connectivity index (χ1) is 30.6. The molecule has 2 heteroatoms. The van der Waals surface area contributed by atoms with Gasteiger partial charge in [-0.25, -0.2) is 0 Å². The number of nitrogens with zero attached hydrogens (tertiary/aromatic N) is 2. The summed E-state index contributed by atoms with van der Waals surface area (Å²) in [6, 6.07) is 63.4. The summed E-state index contributed by atoms with van der Waals surface area (Å²) in [5, 5.41) is 0. The highest BCUT2D eigenvalue weighted by Gasteiger charge is 2.62. The molecule has 304 valence electrons. The molecule has 0 radical (unpaired) electrons. The molecule has 0 aromatic heterocycles. The standard InChI is InChI=1S/C60H54N2/c1-3-14-49(15-4-1)61(50-16-5-2-6-17-50)55-19-9-12-43-33-47-21-22-48-34-44-13-10-20-56(58(44)60(47,48)57(43)55)62(52-27-28-54-45(35-52)32-42-11-7-8-18-53(42)54)51-25-23-46(24-26-51)59-36-39-29-40(37-59)31-41(30-39)38-59/h1-20,23-28,35,39-41,47-48H,21-22,29-34,36-38H2. The lowest BCUT2D eigenvalue weighted by atomic mass is 9.48.